The number of ether oxygens (including phenoxy) is 2. The first-order valence-electron chi connectivity index (χ1n) is 8.53. The predicted molar refractivity (Wildman–Crippen MR) is 102 cm³/mol. The Balaban J connectivity index is 1.68. The van der Waals surface area contributed by atoms with Crippen LogP contribution in [0.25, 0.3) is 0 Å². The van der Waals surface area contributed by atoms with E-state index in [0.29, 0.717) is 30.5 Å². The van der Waals surface area contributed by atoms with E-state index in [2.05, 4.69) is 5.32 Å². The number of amides is 1. The molecule has 2 aromatic carbocycles. The molecule has 7 heteroatoms. The summed E-state index contributed by atoms with van der Waals surface area (Å²) in [6, 6.07) is 12.8. The van der Waals surface area contributed by atoms with Crippen molar-refractivity contribution in [2.24, 2.45) is 0 Å². The van der Waals surface area contributed by atoms with Crippen molar-refractivity contribution in [1.82, 2.24) is 5.32 Å². The van der Waals surface area contributed by atoms with Crippen molar-refractivity contribution in [2.45, 2.75) is 26.3 Å². The number of nitrogens with one attached hydrogen (secondary N) is 1. The molecular weight excluding hydrogens is 370 g/mol. The Morgan fingerprint density at radius 3 is 2.26 bits per heavy atom. The highest BCUT2D eigenvalue weighted by atomic mass is 35.5. The van der Waals surface area contributed by atoms with E-state index in [-0.39, 0.29) is 18.7 Å². The third-order valence-electron chi connectivity index (χ3n) is 3.73. The molecule has 2 aromatic rings. The second-order valence-electron chi connectivity index (χ2n) is 5.92. The second-order valence-corrected chi connectivity index (χ2v) is 6.33. The average molecular weight is 392 g/mol. The van der Waals surface area contributed by atoms with Crippen LogP contribution in [0.5, 0.6) is 11.5 Å². The maximum Gasteiger partial charge on any atom is 0.303 e. The van der Waals surface area contributed by atoms with Gasteiger partial charge in [-0.25, -0.2) is 0 Å². The van der Waals surface area contributed by atoms with Crippen molar-refractivity contribution in [3.8, 4) is 11.5 Å². The summed E-state index contributed by atoms with van der Waals surface area (Å²) < 4.78 is 11.2. The number of hydrogen-bond donors (Lipinski definition) is 2. The van der Waals surface area contributed by atoms with E-state index in [1.807, 2.05) is 43.3 Å². The number of benzene rings is 2. The lowest BCUT2D eigenvalue weighted by atomic mass is 10.2. The van der Waals surface area contributed by atoms with Gasteiger partial charge in [0.05, 0.1) is 6.42 Å². The molecule has 0 aliphatic rings. The zero-order chi connectivity index (χ0) is 19.6. The Morgan fingerprint density at radius 1 is 1.00 bits per heavy atom. The van der Waals surface area contributed by atoms with Crippen molar-refractivity contribution in [3.63, 3.8) is 0 Å². The van der Waals surface area contributed by atoms with Gasteiger partial charge in [-0.15, -0.1) is 0 Å². The molecule has 6 nitrogen and oxygen atoms in total. The smallest absolute Gasteiger partial charge is 0.303 e. The van der Waals surface area contributed by atoms with Crippen molar-refractivity contribution in [1.29, 1.82) is 0 Å². The number of aryl methyl sites for hydroxylation is 1. The summed E-state index contributed by atoms with van der Waals surface area (Å²) in [5.41, 5.74) is 1.86. The normalized spacial score (nSPS) is 10.3. The average Bonchev–Trinajstić information content (AvgIpc) is 2.65. The lowest BCUT2D eigenvalue weighted by Crippen LogP contribution is -2.23. The second kappa shape index (κ2) is 10.4. The number of rotatable bonds is 10. The van der Waals surface area contributed by atoms with Crippen LogP contribution in [0, 0.1) is 6.92 Å². The van der Waals surface area contributed by atoms with E-state index in [9.17, 15) is 9.59 Å². The van der Waals surface area contributed by atoms with Gasteiger partial charge in [0.25, 0.3) is 0 Å². The van der Waals surface area contributed by atoms with Crippen LogP contribution in [-0.4, -0.2) is 30.2 Å². The first-order chi connectivity index (χ1) is 12.9. The SMILES string of the molecule is Cc1cc(OCCOc2ccc(CNC(=O)CCC(=O)O)cc2)ccc1Cl. The highest BCUT2D eigenvalue weighted by molar-refractivity contribution is 6.31. The summed E-state index contributed by atoms with van der Waals surface area (Å²) >= 11 is 5.98. The Kier molecular flexibility index (Phi) is 7.95. The van der Waals surface area contributed by atoms with Crippen molar-refractivity contribution >= 4 is 23.5 Å². The minimum absolute atomic E-state index is 0.0241. The molecular formula is C20H22ClNO5. The van der Waals surface area contributed by atoms with Crippen LogP contribution in [0.1, 0.15) is 24.0 Å². The number of carboxylic acids is 1. The molecule has 0 unspecified atom stereocenters. The third kappa shape index (κ3) is 7.58. The van der Waals surface area contributed by atoms with E-state index in [0.717, 1.165) is 16.9 Å². The molecule has 0 heterocycles. The van der Waals surface area contributed by atoms with Crippen LogP contribution < -0.4 is 14.8 Å². The van der Waals surface area contributed by atoms with Crippen molar-refractivity contribution in [3.05, 3.63) is 58.6 Å². The van der Waals surface area contributed by atoms with Gasteiger partial charge >= 0.3 is 5.97 Å². The molecule has 0 saturated carbocycles. The molecule has 0 spiro atoms. The van der Waals surface area contributed by atoms with Crippen LogP contribution in [0.4, 0.5) is 0 Å². The minimum atomic E-state index is -0.984. The maximum absolute atomic E-state index is 11.5. The zero-order valence-corrected chi connectivity index (χ0v) is 15.8. The number of aliphatic carboxylic acids is 1. The van der Waals surface area contributed by atoms with Gasteiger partial charge in [0.2, 0.25) is 5.91 Å². The molecule has 0 radical (unpaired) electrons. The molecule has 1 amide bonds. The zero-order valence-electron chi connectivity index (χ0n) is 15.0. The Hall–Kier alpha value is -2.73. The standard InChI is InChI=1S/C20H22ClNO5/c1-14-12-17(6-7-18(14)21)27-11-10-26-16-4-2-15(3-5-16)13-22-19(23)8-9-20(24)25/h2-7,12H,8-11,13H2,1H3,(H,22,23)(H,24,25). The van der Waals surface area contributed by atoms with Crippen LogP contribution in [-0.2, 0) is 16.1 Å². The van der Waals surface area contributed by atoms with E-state index in [1.54, 1.807) is 6.07 Å². The van der Waals surface area contributed by atoms with E-state index in [4.69, 9.17) is 26.2 Å². The number of hydrogen-bond acceptors (Lipinski definition) is 4. The monoisotopic (exact) mass is 391 g/mol. The molecule has 0 aliphatic carbocycles. The summed E-state index contributed by atoms with van der Waals surface area (Å²) in [5, 5.41) is 11.9. The highest BCUT2D eigenvalue weighted by Gasteiger charge is 2.05. The quantitative estimate of drug-likeness (QED) is 0.604. The molecule has 144 valence electrons. The molecule has 0 saturated heterocycles. The number of carboxylic acid groups (broad SMARTS) is 1. The van der Waals surface area contributed by atoms with Crippen LogP contribution in [0.2, 0.25) is 5.02 Å². The molecule has 27 heavy (non-hydrogen) atoms. The Labute approximate surface area is 163 Å². The van der Waals surface area contributed by atoms with Gasteiger partial charge < -0.3 is 19.9 Å². The predicted octanol–water partition coefficient (Wildman–Crippen LogP) is 3.59. The van der Waals surface area contributed by atoms with Gasteiger partial charge in [0.1, 0.15) is 24.7 Å². The fraction of sp³-hybridized carbons (Fsp3) is 0.300. The topological polar surface area (TPSA) is 84.9 Å². The molecule has 0 atom stereocenters. The van der Waals surface area contributed by atoms with Gasteiger partial charge in [-0.3, -0.25) is 9.59 Å². The highest BCUT2D eigenvalue weighted by Crippen LogP contribution is 2.21. The van der Waals surface area contributed by atoms with Gasteiger partial charge in [0, 0.05) is 18.0 Å². The Morgan fingerprint density at radius 2 is 1.63 bits per heavy atom. The van der Waals surface area contributed by atoms with Gasteiger partial charge in [-0.05, 0) is 48.4 Å². The van der Waals surface area contributed by atoms with Gasteiger partial charge in [0.15, 0.2) is 0 Å². The maximum atomic E-state index is 11.5. The third-order valence-corrected chi connectivity index (χ3v) is 4.15. The fourth-order valence-electron chi connectivity index (χ4n) is 2.24. The number of carbonyl (C=O) groups excluding carboxylic acids is 1. The van der Waals surface area contributed by atoms with Crippen LogP contribution in [0.3, 0.4) is 0 Å². The van der Waals surface area contributed by atoms with E-state index < -0.39 is 5.97 Å². The summed E-state index contributed by atoms with van der Waals surface area (Å²) in [7, 11) is 0. The summed E-state index contributed by atoms with van der Waals surface area (Å²) in [6.45, 7) is 3.06. The minimum Gasteiger partial charge on any atom is -0.490 e. The molecule has 0 aromatic heterocycles. The summed E-state index contributed by atoms with van der Waals surface area (Å²) in [5.74, 6) is 0.176. The Bertz CT molecular complexity index is 776. The van der Waals surface area contributed by atoms with Crippen molar-refractivity contribution < 1.29 is 24.2 Å². The first kappa shape index (κ1) is 20.6. The van der Waals surface area contributed by atoms with E-state index in [1.165, 1.54) is 0 Å². The lowest BCUT2D eigenvalue weighted by molar-refractivity contribution is -0.138. The molecule has 0 aliphatic heterocycles. The molecule has 2 rings (SSSR count). The lowest BCUT2D eigenvalue weighted by Gasteiger charge is -2.10. The van der Waals surface area contributed by atoms with E-state index >= 15 is 0 Å². The first-order valence-corrected chi connectivity index (χ1v) is 8.91. The molecule has 2 N–H and O–H groups in total. The van der Waals surface area contributed by atoms with Crippen molar-refractivity contribution in [2.75, 3.05) is 13.2 Å². The van der Waals surface area contributed by atoms with Crippen LogP contribution >= 0.6 is 11.6 Å². The van der Waals surface area contributed by atoms with Crippen LogP contribution in [0.15, 0.2) is 42.5 Å². The fourth-order valence-corrected chi connectivity index (χ4v) is 2.36. The summed E-state index contributed by atoms with van der Waals surface area (Å²) in [6.07, 6.45) is -0.195. The number of carbonyl (C=O) groups is 2. The number of halogens is 1. The van der Waals surface area contributed by atoms with Gasteiger partial charge in [-0.2, -0.15) is 0 Å². The summed E-state index contributed by atoms with van der Waals surface area (Å²) in [4.78, 5) is 21.9. The molecule has 0 bridgehead atoms. The molecule has 0 fully saturated rings. The largest absolute Gasteiger partial charge is 0.490 e. The van der Waals surface area contributed by atoms with Gasteiger partial charge in [-0.1, -0.05) is 23.7 Å².